The van der Waals surface area contributed by atoms with Gasteiger partial charge in [0.2, 0.25) is 0 Å². The van der Waals surface area contributed by atoms with Gasteiger partial charge in [-0.2, -0.15) is 0 Å². The lowest BCUT2D eigenvalue weighted by Gasteiger charge is -2.51. The Labute approximate surface area is 213 Å². The van der Waals surface area contributed by atoms with Gasteiger partial charge >= 0.3 is 6.03 Å². The Balaban J connectivity index is 1.23. The number of rotatable bonds is 5. The number of benzene rings is 2. The van der Waals surface area contributed by atoms with Crippen LogP contribution in [0.3, 0.4) is 0 Å². The van der Waals surface area contributed by atoms with E-state index in [9.17, 15) is 4.79 Å². The van der Waals surface area contributed by atoms with Crippen molar-refractivity contribution >= 4 is 29.2 Å². The third kappa shape index (κ3) is 5.24. The van der Waals surface area contributed by atoms with Crippen LogP contribution in [0.4, 0.5) is 4.79 Å². The predicted octanol–water partition coefficient (Wildman–Crippen LogP) is 7.10. The minimum absolute atomic E-state index is 0.0112. The van der Waals surface area contributed by atoms with E-state index in [-0.39, 0.29) is 23.8 Å². The van der Waals surface area contributed by atoms with E-state index >= 15 is 0 Å². The summed E-state index contributed by atoms with van der Waals surface area (Å²) >= 11 is 12.2. The summed E-state index contributed by atoms with van der Waals surface area (Å²) in [5.41, 5.74) is 2.04. The molecule has 3 fully saturated rings. The quantitative estimate of drug-likeness (QED) is 0.475. The molecule has 4 nitrogen and oxygen atoms in total. The number of fused-ring (bicyclic) bond motifs is 2. The van der Waals surface area contributed by atoms with Gasteiger partial charge in [0.25, 0.3) is 0 Å². The lowest BCUT2D eigenvalue weighted by Crippen LogP contribution is -2.64. The van der Waals surface area contributed by atoms with Gasteiger partial charge in [-0.15, -0.1) is 0 Å². The van der Waals surface area contributed by atoms with E-state index in [1.165, 1.54) is 12.8 Å². The second-order valence-corrected chi connectivity index (χ2v) is 11.9. The van der Waals surface area contributed by atoms with E-state index < -0.39 is 0 Å². The molecule has 2 saturated carbocycles. The number of urea groups is 1. The highest BCUT2D eigenvalue weighted by Gasteiger charge is 2.46. The van der Waals surface area contributed by atoms with Gasteiger partial charge in [0.1, 0.15) is 6.10 Å². The van der Waals surface area contributed by atoms with Crippen molar-refractivity contribution in [1.29, 1.82) is 0 Å². The standard InChI is InChI=1S/C28H34Cl2N2O2/c1-18-11-20-12-19(2)14-28(13-18,15-20)31-27(33)32-16-25(17-32)34-26(21-3-7-23(29)8-4-21)22-5-9-24(30)10-6-22/h3-10,18-20,25-26H,11-17H2,1-2H3,(H,31,33). The molecule has 0 aromatic heterocycles. The van der Waals surface area contributed by atoms with Crippen molar-refractivity contribution in [2.45, 2.75) is 63.7 Å². The molecular weight excluding hydrogens is 467 g/mol. The number of carbonyl (C=O) groups excluding carboxylic acids is 1. The van der Waals surface area contributed by atoms with Gasteiger partial charge in [-0.05, 0) is 85.3 Å². The Hall–Kier alpha value is -1.75. The van der Waals surface area contributed by atoms with E-state index in [4.69, 9.17) is 27.9 Å². The molecule has 1 saturated heterocycles. The van der Waals surface area contributed by atoms with Crippen LogP contribution in [-0.2, 0) is 4.74 Å². The normalized spacial score (nSPS) is 29.1. The summed E-state index contributed by atoms with van der Waals surface area (Å²) < 4.78 is 6.51. The van der Waals surface area contributed by atoms with Crippen LogP contribution in [0.15, 0.2) is 48.5 Å². The first-order valence-corrected chi connectivity index (χ1v) is 13.3. The maximum atomic E-state index is 13.2. The summed E-state index contributed by atoms with van der Waals surface area (Å²) in [5.74, 6) is 2.11. The highest BCUT2D eigenvalue weighted by atomic mass is 35.5. The number of nitrogens with zero attached hydrogens (tertiary/aromatic N) is 1. The summed E-state index contributed by atoms with van der Waals surface area (Å²) in [6, 6.07) is 15.6. The lowest BCUT2D eigenvalue weighted by molar-refractivity contribution is -0.0667. The van der Waals surface area contributed by atoms with Crippen molar-refractivity contribution in [2.24, 2.45) is 17.8 Å². The largest absolute Gasteiger partial charge is 0.362 e. The lowest BCUT2D eigenvalue weighted by atomic mass is 9.61. The van der Waals surface area contributed by atoms with Crippen LogP contribution in [0.1, 0.15) is 63.2 Å². The average molecular weight is 501 g/mol. The molecule has 34 heavy (non-hydrogen) atoms. The minimum Gasteiger partial charge on any atom is -0.362 e. The molecule has 5 rings (SSSR count). The zero-order chi connectivity index (χ0) is 23.9. The van der Waals surface area contributed by atoms with Gasteiger partial charge < -0.3 is 15.0 Å². The second kappa shape index (κ2) is 9.72. The fraction of sp³-hybridized carbons (Fsp3) is 0.536. The molecule has 2 unspecified atom stereocenters. The molecule has 2 aromatic carbocycles. The molecule has 3 aliphatic rings. The van der Waals surface area contributed by atoms with E-state index in [0.29, 0.717) is 35.0 Å². The van der Waals surface area contributed by atoms with Gasteiger partial charge in [0.05, 0.1) is 19.2 Å². The number of likely N-dealkylation sites (tertiary alicyclic amines) is 1. The van der Waals surface area contributed by atoms with E-state index in [2.05, 4.69) is 19.2 Å². The molecule has 0 radical (unpaired) electrons. The van der Waals surface area contributed by atoms with E-state index in [1.54, 1.807) is 0 Å². The Morgan fingerprint density at radius 2 is 1.41 bits per heavy atom. The summed E-state index contributed by atoms with van der Waals surface area (Å²) in [6.45, 7) is 5.89. The van der Waals surface area contributed by atoms with Gasteiger partial charge in [-0.25, -0.2) is 4.79 Å². The third-order valence-corrected chi connectivity index (χ3v) is 8.31. The molecular formula is C28H34Cl2N2O2. The van der Waals surface area contributed by atoms with Gasteiger partial charge in [0.15, 0.2) is 0 Å². The molecule has 6 heteroatoms. The maximum Gasteiger partial charge on any atom is 0.318 e. The summed E-state index contributed by atoms with van der Waals surface area (Å²) in [7, 11) is 0. The first-order chi connectivity index (χ1) is 16.3. The van der Waals surface area contributed by atoms with Crippen LogP contribution in [-0.4, -0.2) is 35.7 Å². The van der Waals surface area contributed by atoms with Gasteiger partial charge in [-0.1, -0.05) is 61.3 Å². The molecule has 2 aromatic rings. The number of hydrogen-bond acceptors (Lipinski definition) is 2. The van der Waals surface area contributed by atoms with Crippen molar-refractivity contribution < 1.29 is 9.53 Å². The molecule has 1 heterocycles. The SMILES string of the molecule is CC1CC2CC(C)CC(NC(=O)N3CC(OC(c4ccc(Cl)cc4)c4ccc(Cl)cc4)C3)(C1)C2. The zero-order valence-electron chi connectivity index (χ0n) is 20.0. The maximum absolute atomic E-state index is 13.2. The summed E-state index contributed by atoms with van der Waals surface area (Å²) in [4.78, 5) is 15.1. The molecule has 1 N–H and O–H groups in total. The molecule has 1 aliphatic heterocycles. The van der Waals surface area contributed by atoms with Crippen molar-refractivity contribution in [2.75, 3.05) is 13.1 Å². The molecule has 2 amide bonds. The van der Waals surface area contributed by atoms with Crippen molar-refractivity contribution in [3.8, 4) is 0 Å². The molecule has 2 bridgehead atoms. The number of halogens is 2. The van der Waals surface area contributed by atoms with Crippen LogP contribution in [0.5, 0.6) is 0 Å². The van der Waals surface area contributed by atoms with Crippen LogP contribution >= 0.6 is 23.2 Å². The average Bonchev–Trinajstić information content (AvgIpc) is 2.73. The summed E-state index contributed by atoms with van der Waals surface area (Å²) in [6.07, 6.45) is 5.70. The Kier molecular flexibility index (Phi) is 6.85. The number of nitrogens with one attached hydrogen (secondary N) is 1. The highest BCUT2D eigenvalue weighted by molar-refractivity contribution is 6.30. The number of hydrogen-bond donors (Lipinski definition) is 1. The summed E-state index contributed by atoms with van der Waals surface area (Å²) in [5, 5.41) is 4.87. The van der Waals surface area contributed by atoms with Crippen LogP contribution in [0.2, 0.25) is 10.0 Å². The monoisotopic (exact) mass is 500 g/mol. The smallest absolute Gasteiger partial charge is 0.318 e. The molecule has 182 valence electrons. The first kappa shape index (κ1) is 24.0. The van der Waals surface area contributed by atoms with Crippen molar-refractivity contribution in [3.05, 3.63) is 69.7 Å². The Morgan fingerprint density at radius 1 is 0.912 bits per heavy atom. The zero-order valence-corrected chi connectivity index (χ0v) is 21.5. The van der Waals surface area contributed by atoms with Crippen molar-refractivity contribution in [1.82, 2.24) is 10.2 Å². The van der Waals surface area contributed by atoms with Crippen LogP contribution < -0.4 is 5.32 Å². The topological polar surface area (TPSA) is 41.6 Å². The van der Waals surface area contributed by atoms with Crippen LogP contribution in [0, 0.1) is 17.8 Å². The number of ether oxygens (including phenoxy) is 1. The number of amides is 2. The Bertz CT molecular complexity index is 939. The van der Waals surface area contributed by atoms with E-state index in [0.717, 1.165) is 36.3 Å². The molecule has 0 spiro atoms. The Morgan fingerprint density at radius 3 is 1.91 bits per heavy atom. The molecule has 2 aliphatic carbocycles. The minimum atomic E-state index is -0.234. The van der Waals surface area contributed by atoms with Gasteiger partial charge in [0, 0.05) is 15.6 Å². The van der Waals surface area contributed by atoms with Crippen molar-refractivity contribution in [3.63, 3.8) is 0 Å². The van der Waals surface area contributed by atoms with Gasteiger partial charge in [-0.3, -0.25) is 0 Å². The predicted molar refractivity (Wildman–Crippen MR) is 137 cm³/mol. The fourth-order valence-electron chi connectivity index (χ4n) is 6.67. The van der Waals surface area contributed by atoms with Crippen LogP contribution in [0.25, 0.3) is 0 Å². The first-order valence-electron chi connectivity index (χ1n) is 12.5. The third-order valence-electron chi connectivity index (χ3n) is 7.81. The highest BCUT2D eigenvalue weighted by Crippen LogP contribution is 2.47. The fourth-order valence-corrected chi connectivity index (χ4v) is 6.92. The second-order valence-electron chi connectivity index (χ2n) is 11.0. The number of carbonyl (C=O) groups is 1. The van der Waals surface area contributed by atoms with E-state index in [1.807, 2.05) is 53.4 Å². The molecule has 2 atom stereocenters.